The molecule has 1 aromatic carbocycles. The number of benzene rings is 1. The second-order valence-corrected chi connectivity index (χ2v) is 5.12. The summed E-state index contributed by atoms with van der Waals surface area (Å²) in [6.45, 7) is 1.22. The third-order valence-corrected chi connectivity index (χ3v) is 3.78. The first kappa shape index (κ1) is 17.6. The smallest absolute Gasteiger partial charge is 0.381 e. The lowest BCUT2D eigenvalue weighted by Gasteiger charge is -2.28. The molecule has 1 aromatic rings. The SMILES string of the molecule is Cl.N[C@@H](c1ccc(Cl)c(C(F)(F)F)c1)C1CCOCC1. The van der Waals surface area contributed by atoms with Gasteiger partial charge in [0.1, 0.15) is 0 Å². The molecule has 2 N–H and O–H groups in total. The van der Waals surface area contributed by atoms with Crippen molar-refractivity contribution in [2.45, 2.75) is 25.1 Å². The molecule has 1 saturated heterocycles. The topological polar surface area (TPSA) is 35.2 Å². The molecule has 1 aliphatic rings. The van der Waals surface area contributed by atoms with Crippen LogP contribution in [0, 0.1) is 5.92 Å². The van der Waals surface area contributed by atoms with Crippen LogP contribution in [-0.2, 0) is 10.9 Å². The van der Waals surface area contributed by atoms with Crippen molar-refractivity contribution in [2.75, 3.05) is 13.2 Å². The zero-order chi connectivity index (χ0) is 14.0. The van der Waals surface area contributed by atoms with Crippen LogP contribution in [0.15, 0.2) is 18.2 Å². The zero-order valence-corrected chi connectivity index (χ0v) is 12.2. The number of rotatable bonds is 2. The molecule has 0 radical (unpaired) electrons. The highest BCUT2D eigenvalue weighted by molar-refractivity contribution is 6.31. The van der Waals surface area contributed by atoms with Crippen LogP contribution in [0.5, 0.6) is 0 Å². The Hall–Kier alpha value is -0.490. The second kappa shape index (κ2) is 6.98. The summed E-state index contributed by atoms with van der Waals surface area (Å²) in [6, 6.07) is 3.47. The van der Waals surface area contributed by atoms with Crippen LogP contribution in [0.4, 0.5) is 13.2 Å². The van der Waals surface area contributed by atoms with Gasteiger partial charge in [-0.25, -0.2) is 0 Å². The summed E-state index contributed by atoms with van der Waals surface area (Å²) in [7, 11) is 0. The number of halogens is 5. The van der Waals surface area contributed by atoms with Crippen LogP contribution >= 0.6 is 24.0 Å². The average molecular weight is 330 g/mol. The van der Waals surface area contributed by atoms with Crippen molar-refractivity contribution < 1.29 is 17.9 Å². The van der Waals surface area contributed by atoms with E-state index in [2.05, 4.69) is 0 Å². The van der Waals surface area contributed by atoms with Gasteiger partial charge >= 0.3 is 6.18 Å². The molecule has 1 atom stereocenters. The second-order valence-electron chi connectivity index (χ2n) is 4.71. The third kappa shape index (κ3) is 4.01. The Kier molecular flexibility index (Phi) is 6.13. The van der Waals surface area contributed by atoms with E-state index >= 15 is 0 Å². The minimum atomic E-state index is -4.46. The molecule has 7 heteroatoms. The Bertz CT molecular complexity index is 448. The highest BCUT2D eigenvalue weighted by atomic mass is 35.5. The van der Waals surface area contributed by atoms with E-state index in [9.17, 15) is 13.2 Å². The molecular weight excluding hydrogens is 314 g/mol. The first-order chi connectivity index (χ1) is 8.89. The van der Waals surface area contributed by atoms with Crippen molar-refractivity contribution in [3.8, 4) is 0 Å². The van der Waals surface area contributed by atoms with E-state index in [1.807, 2.05) is 0 Å². The van der Waals surface area contributed by atoms with Gasteiger partial charge < -0.3 is 10.5 Å². The van der Waals surface area contributed by atoms with Crippen LogP contribution in [-0.4, -0.2) is 13.2 Å². The normalized spacial score (nSPS) is 18.4. The van der Waals surface area contributed by atoms with Crippen LogP contribution in [0.3, 0.4) is 0 Å². The summed E-state index contributed by atoms with van der Waals surface area (Å²) in [6.07, 6.45) is -2.92. The minimum Gasteiger partial charge on any atom is -0.381 e. The maximum atomic E-state index is 12.8. The van der Waals surface area contributed by atoms with Crippen LogP contribution in [0.2, 0.25) is 5.02 Å². The first-order valence-electron chi connectivity index (χ1n) is 6.09. The lowest BCUT2D eigenvalue weighted by atomic mass is 9.87. The van der Waals surface area contributed by atoms with Crippen molar-refractivity contribution >= 4 is 24.0 Å². The first-order valence-corrected chi connectivity index (χ1v) is 6.47. The van der Waals surface area contributed by atoms with Crippen molar-refractivity contribution in [1.82, 2.24) is 0 Å². The lowest BCUT2D eigenvalue weighted by molar-refractivity contribution is -0.137. The molecule has 2 rings (SSSR count). The third-order valence-electron chi connectivity index (χ3n) is 3.45. The van der Waals surface area contributed by atoms with E-state index < -0.39 is 17.8 Å². The minimum absolute atomic E-state index is 0. The van der Waals surface area contributed by atoms with Gasteiger partial charge in [-0.1, -0.05) is 17.7 Å². The van der Waals surface area contributed by atoms with Gasteiger partial charge in [0.05, 0.1) is 10.6 Å². The predicted molar refractivity (Wildman–Crippen MR) is 74.2 cm³/mol. The van der Waals surface area contributed by atoms with Gasteiger partial charge in [-0.2, -0.15) is 13.2 Å². The van der Waals surface area contributed by atoms with E-state index in [0.29, 0.717) is 18.8 Å². The molecule has 0 amide bonds. The molecule has 114 valence electrons. The Morgan fingerprint density at radius 3 is 2.40 bits per heavy atom. The molecular formula is C13H16Cl2F3NO. The molecule has 20 heavy (non-hydrogen) atoms. The van der Waals surface area contributed by atoms with Crippen LogP contribution < -0.4 is 5.73 Å². The maximum Gasteiger partial charge on any atom is 0.417 e. The van der Waals surface area contributed by atoms with E-state index in [1.165, 1.54) is 6.07 Å². The number of hydrogen-bond acceptors (Lipinski definition) is 2. The largest absolute Gasteiger partial charge is 0.417 e. The average Bonchev–Trinajstić information content (AvgIpc) is 2.38. The number of nitrogens with two attached hydrogens (primary N) is 1. The van der Waals surface area contributed by atoms with Crippen LogP contribution in [0.25, 0.3) is 0 Å². The van der Waals surface area contributed by atoms with Gasteiger partial charge in [0.2, 0.25) is 0 Å². The molecule has 0 saturated carbocycles. The van der Waals surface area contributed by atoms with Crippen molar-refractivity contribution in [2.24, 2.45) is 11.7 Å². The molecule has 1 fully saturated rings. The molecule has 0 unspecified atom stereocenters. The summed E-state index contributed by atoms with van der Waals surface area (Å²) in [4.78, 5) is 0. The monoisotopic (exact) mass is 329 g/mol. The van der Waals surface area contributed by atoms with Gasteiger partial charge in [-0.3, -0.25) is 0 Å². The molecule has 1 heterocycles. The Morgan fingerprint density at radius 2 is 1.85 bits per heavy atom. The zero-order valence-electron chi connectivity index (χ0n) is 10.6. The Labute approximate surface area is 126 Å². The highest BCUT2D eigenvalue weighted by Crippen LogP contribution is 2.37. The van der Waals surface area contributed by atoms with E-state index in [4.69, 9.17) is 22.1 Å². The molecule has 1 aliphatic heterocycles. The van der Waals surface area contributed by atoms with E-state index in [1.54, 1.807) is 6.07 Å². The van der Waals surface area contributed by atoms with Crippen LogP contribution in [0.1, 0.15) is 30.0 Å². The summed E-state index contributed by atoms with van der Waals surface area (Å²) in [5.74, 6) is 0.149. The van der Waals surface area contributed by atoms with Gasteiger partial charge in [0.15, 0.2) is 0 Å². The highest BCUT2D eigenvalue weighted by Gasteiger charge is 2.34. The summed E-state index contributed by atoms with van der Waals surface area (Å²) >= 11 is 5.59. The fourth-order valence-corrected chi connectivity index (χ4v) is 2.54. The molecule has 2 nitrogen and oxygen atoms in total. The standard InChI is InChI=1S/C13H15ClF3NO.ClH/c14-11-2-1-9(7-10(11)13(15,16)17)12(18)8-3-5-19-6-4-8;/h1-2,7-8,12H,3-6,18H2;1H/t12-;/m1./s1. The van der Waals surface area contributed by atoms with Crippen molar-refractivity contribution in [3.05, 3.63) is 34.3 Å². The number of hydrogen-bond donors (Lipinski definition) is 1. The Balaban J connectivity index is 0.00000200. The number of alkyl halides is 3. The summed E-state index contributed by atoms with van der Waals surface area (Å²) in [5.41, 5.74) is 5.72. The predicted octanol–water partition coefficient (Wildman–Crippen LogP) is 4.21. The molecule has 0 aliphatic carbocycles. The van der Waals surface area contributed by atoms with Crippen molar-refractivity contribution in [3.63, 3.8) is 0 Å². The lowest BCUT2D eigenvalue weighted by Crippen LogP contribution is -2.27. The Morgan fingerprint density at radius 1 is 1.25 bits per heavy atom. The fourth-order valence-electron chi connectivity index (χ4n) is 2.31. The van der Waals surface area contributed by atoms with Gasteiger partial charge in [-0.05, 0) is 36.5 Å². The van der Waals surface area contributed by atoms with Gasteiger partial charge in [0.25, 0.3) is 0 Å². The molecule has 0 spiro atoms. The fraction of sp³-hybridized carbons (Fsp3) is 0.538. The summed E-state index contributed by atoms with van der Waals surface area (Å²) < 4.78 is 43.6. The van der Waals surface area contributed by atoms with Gasteiger partial charge in [-0.15, -0.1) is 12.4 Å². The van der Waals surface area contributed by atoms with Crippen molar-refractivity contribution in [1.29, 1.82) is 0 Å². The maximum absolute atomic E-state index is 12.8. The molecule has 0 bridgehead atoms. The number of ether oxygens (including phenoxy) is 1. The quantitative estimate of drug-likeness (QED) is 0.882. The molecule has 0 aromatic heterocycles. The van der Waals surface area contributed by atoms with Gasteiger partial charge in [0, 0.05) is 19.3 Å². The van der Waals surface area contributed by atoms with E-state index in [-0.39, 0.29) is 23.3 Å². The summed E-state index contributed by atoms with van der Waals surface area (Å²) in [5, 5.41) is -0.296. The van der Waals surface area contributed by atoms with E-state index in [0.717, 1.165) is 18.9 Å².